The number of ether oxygens (including phenoxy) is 2. The number of guanidine groups is 1. The van der Waals surface area contributed by atoms with Gasteiger partial charge in [0, 0.05) is 45.4 Å². The molecule has 0 aliphatic carbocycles. The van der Waals surface area contributed by atoms with Gasteiger partial charge in [-0.25, -0.2) is 14.6 Å². The Bertz CT molecular complexity index is 852. The lowest BCUT2D eigenvalue weighted by atomic mass is 10.1. The molecule has 1 aliphatic rings. The lowest BCUT2D eigenvalue weighted by Crippen LogP contribution is -2.46. The highest BCUT2D eigenvalue weighted by molar-refractivity contribution is 5.79. The van der Waals surface area contributed by atoms with Crippen LogP contribution in [-0.2, 0) is 30.9 Å². The van der Waals surface area contributed by atoms with Gasteiger partial charge in [-0.05, 0) is 12.0 Å². The number of alkyl halides is 3. The van der Waals surface area contributed by atoms with E-state index in [-0.39, 0.29) is 11.9 Å². The first-order chi connectivity index (χ1) is 14.4. The second-order valence-electron chi connectivity index (χ2n) is 6.77. The van der Waals surface area contributed by atoms with Crippen LogP contribution < -0.4 is 15.4 Å². The summed E-state index contributed by atoms with van der Waals surface area (Å²) < 4.78 is 48.1. The molecule has 0 aromatic carbocycles. The second kappa shape index (κ2) is 9.74. The number of nitrogens with one attached hydrogen (secondary N) is 2. The standard InChI is InChI=1S/C18H24F3N7O2/c1-22-17(24-8-12-3-6-16(23-7-12)30-11-18(19,20)21)25-13-4-5-15-26-14(10-29-2)27-28(15)9-13/h3,6-7,13H,4-5,8-11H2,1-2H3,(H2,22,24,25). The van der Waals surface area contributed by atoms with E-state index in [1.807, 2.05) is 4.68 Å². The number of aromatic nitrogens is 4. The molecule has 0 radical (unpaired) electrons. The van der Waals surface area contributed by atoms with Crippen LogP contribution >= 0.6 is 0 Å². The summed E-state index contributed by atoms with van der Waals surface area (Å²) in [5.74, 6) is 2.16. The van der Waals surface area contributed by atoms with Gasteiger partial charge in [-0.1, -0.05) is 6.07 Å². The molecule has 2 N–H and O–H groups in total. The van der Waals surface area contributed by atoms with E-state index in [4.69, 9.17) is 4.74 Å². The largest absolute Gasteiger partial charge is 0.468 e. The third-order valence-corrected chi connectivity index (χ3v) is 4.38. The van der Waals surface area contributed by atoms with Crippen molar-refractivity contribution in [3.05, 3.63) is 35.5 Å². The highest BCUT2D eigenvalue weighted by Crippen LogP contribution is 2.17. The molecular formula is C18H24F3N7O2. The van der Waals surface area contributed by atoms with Crippen molar-refractivity contribution in [2.24, 2.45) is 4.99 Å². The fraction of sp³-hybridized carbons (Fsp3) is 0.556. The molecule has 2 aromatic rings. The molecule has 0 fully saturated rings. The van der Waals surface area contributed by atoms with Crippen LogP contribution in [0.15, 0.2) is 23.3 Å². The molecule has 0 saturated heterocycles. The number of aryl methyl sites for hydroxylation is 1. The van der Waals surface area contributed by atoms with Crippen LogP contribution in [-0.4, -0.2) is 58.7 Å². The summed E-state index contributed by atoms with van der Waals surface area (Å²) >= 11 is 0. The van der Waals surface area contributed by atoms with Crippen molar-refractivity contribution in [3.8, 4) is 5.88 Å². The summed E-state index contributed by atoms with van der Waals surface area (Å²) in [4.78, 5) is 12.6. The average molecular weight is 427 g/mol. The van der Waals surface area contributed by atoms with Gasteiger partial charge < -0.3 is 20.1 Å². The third-order valence-electron chi connectivity index (χ3n) is 4.38. The Morgan fingerprint density at radius 2 is 2.20 bits per heavy atom. The fourth-order valence-corrected chi connectivity index (χ4v) is 3.00. The molecule has 1 aliphatic heterocycles. The zero-order chi connectivity index (χ0) is 21.6. The number of halogens is 3. The Kier molecular flexibility index (Phi) is 7.08. The smallest absolute Gasteiger partial charge is 0.422 e. The number of fused-ring (bicyclic) bond motifs is 1. The molecule has 1 unspecified atom stereocenters. The van der Waals surface area contributed by atoms with Gasteiger partial charge in [0.25, 0.3) is 0 Å². The Labute approximate surface area is 171 Å². The van der Waals surface area contributed by atoms with Crippen LogP contribution in [0, 0.1) is 0 Å². The predicted molar refractivity (Wildman–Crippen MR) is 102 cm³/mol. The maximum atomic E-state index is 12.2. The maximum absolute atomic E-state index is 12.2. The minimum absolute atomic E-state index is 0.0720. The first-order valence-electron chi connectivity index (χ1n) is 9.39. The van der Waals surface area contributed by atoms with Gasteiger partial charge in [-0.15, -0.1) is 0 Å². The van der Waals surface area contributed by atoms with Crippen molar-refractivity contribution in [1.82, 2.24) is 30.4 Å². The Morgan fingerprint density at radius 3 is 2.87 bits per heavy atom. The normalized spacial score (nSPS) is 16.8. The van der Waals surface area contributed by atoms with Gasteiger partial charge in [0.05, 0.1) is 6.54 Å². The zero-order valence-electron chi connectivity index (χ0n) is 16.7. The van der Waals surface area contributed by atoms with Crippen LogP contribution in [0.4, 0.5) is 13.2 Å². The van der Waals surface area contributed by atoms with Crippen LogP contribution in [0.25, 0.3) is 0 Å². The van der Waals surface area contributed by atoms with E-state index in [9.17, 15) is 13.2 Å². The summed E-state index contributed by atoms with van der Waals surface area (Å²) in [6, 6.07) is 3.19. The number of aliphatic imine (C=N–C) groups is 1. The van der Waals surface area contributed by atoms with Crippen LogP contribution in [0.1, 0.15) is 23.6 Å². The Hall–Kier alpha value is -2.89. The summed E-state index contributed by atoms with van der Waals surface area (Å²) in [5.41, 5.74) is 0.781. The van der Waals surface area contributed by atoms with Crippen LogP contribution in [0.2, 0.25) is 0 Å². The minimum atomic E-state index is -4.39. The van der Waals surface area contributed by atoms with Gasteiger partial charge in [0.2, 0.25) is 5.88 Å². The topological polar surface area (TPSA) is 98.5 Å². The molecule has 3 rings (SSSR count). The predicted octanol–water partition coefficient (Wildman–Crippen LogP) is 1.44. The summed E-state index contributed by atoms with van der Waals surface area (Å²) in [5, 5.41) is 11.0. The van der Waals surface area contributed by atoms with Crippen molar-refractivity contribution < 1.29 is 22.6 Å². The molecule has 12 heteroatoms. The molecule has 0 saturated carbocycles. The van der Waals surface area contributed by atoms with Crippen molar-refractivity contribution in [3.63, 3.8) is 0 Å². The lowest BCUT2D eigenvalue weighted by molar-refractivity contribution is -0.154. The van der Waals surface area contributed by atoms with Gasteiger partial charge in [0.1, 0.15) is 12.4 Å². The number of nitrogens with zero attached hydrogens (tertiary/aromatic N) is 5. The number of rotatable bonds is 7. The Balaban J connectivity index is 1.48. The number of pyridine rings is 1. The SMILES string of the molecule is CN=C(NCc1ccc(OCC(F)(F)F)nc1)NC1CCc2nc(COC)nn2C1. The molecule has 9 nitrogen and oxygen atoms in total. The van der Waals surface area contributed by atoms with Gasteiger partial charge in [0.15, 0.2) is 18.4 Å². The summed E-state index contributed by atoms with van der Waals surface area (Å²) in [6.45, 7) is 0.0937. The van der Waals surface area contributed by atoms with E-state index in [0.717, 1.165) is 24.2 Å². The van der Waals surface area contributed by atoms with E-state index < -0.39 is 12.8 Å². The van der Waals surface area contributed by atoms with Crippen molar-refractivity contribution in [1.29, 1.82) is 0 Å². The number of hydrogen-bond donors (Lipinski definition) is 2. The van der Waals surface area contributed by atoms with Gasteiger partial charge in [-0.2, -0.15) is 18.3 Å². The molecule has 30 heavy (non-hydrogen) atoms. The van der Waals surface area contributed by atoms with Crippen molar-refractivity contribution >= 4 is 5.96 Å². The highest BCUT2D eigenvalue weighted by Gasteiger charge is 2.28. The third kappa shape index (κ3) is 6.31. The molecule has 164 valence electrons. The average Bonchev–Trinajstić information content (AvgIpc) is 3.11. The van der Waals surface area contributed by atoms with Crippen molar-refractivity contribution in [2.45, 2.75) is 44.8 Å². The highest BCUT2D eigenvalue weighted by atomic mass is 19.4. The minimum Gasteiger partial charge on any atom is -0.468 e. The summed E-state index contributed by atoms with van der Waals surface area (Å²) in [6.07, 6.45) is -1.24. The molecule has 0 spiro atoms. The molecule has 1 atom stereocenters. The van der Waals surface area contributed by atoms with Crippen LogP contribution in [0.3, 0.4) is 0 Å². The van der Waals surface area contributed by atoms with Gasteiger partial charge >= 0.3 is 6.18 Å². The van der Waals surface area contributed by atoms with E-state index >= 15 is 0 Å². The second-order valence-corrected chi connectivity index (χ2v) is 6.77. The quantitative estimate of drug-likeness (QED) is 0.510. The lowest BCUT2D eigenvalue weighted by Gasteiger charge is -2.25. The Morgan fingerprint density at radius 1 is 1.37 bits per heavy atom. The first-order valence-corrected chi connectivity index (χ1v) is 9.39. The molecular weight excluding hydrogens is 403 g/mol. The summed E-state index contributed by atoms with van der Waals surface area (Å²) in [7, 11) is 3.28. The monoisotopic (exact) mass is 427 g/mol. The maximum Gasteiger partial charge on any atom is 0.422 e. The van der Waals surface area contributed by atoms with Crippen molar-refractivity contribution in [2.75, 3.05) is 20.8 Å². The molecule has 3 heterocycles. The number of methoxy groups -OCH3 is 1. The molecule has 0 amide bonds. The van der Waals surface area contributed by atoms with Crippen LogP contribution in [0.5, 0.6) is 5.88 Å². The van der Waals surface area contributed by atoms with Gasteiger partial charge in [-0.3, -0.25) is 4.99 Å². The zero-order valence-corrected chi connectivity index (χ0v) is 16.7. The number of hydrogen-bond acceptors (Lipinski definition) is 6. The molecule has 2 aromatic heterocycles. The van der Waals surface area contributed by atoms with E-state index in [1.165, 1.54) is 12.3 Å². The van der Waals surface area contributed by atoms with E-state index in [0.29, 0.717) is 31.5 Å². The fourth-order valence-electron chi connectivity index (χ4n) is 3.00. The van der Waals surface area contributed by atoms with E-state index in [2.05, 4.69) is 35.4 Å². The van der Waals surface area contributed by atoms with E-state index in [1.54, 1.807) is 20.2 Å². The first kappa shape index (κ1) is 21.8. The molecule has 0 bridgehead atoms.